The zero-order valence-corrected chi connectivity index (χ0v) is 6.55. The first-order valence-electron chi connectivity index (χ1n) is 1.53. The molecule has 0 aliphatic heterocycles. The number of nitrogens with one attached hydrogen (secondary N) is 1. The summed E-state index contributed by atoms with van der Waals surface area (Å²) in [5.74, 6) is -0.333. The van der Waals surface area contributed by atoms with Gasteiger partial charge in [-0.1, -0.05) is 0 Å². The van der Waals surface area contributed by atoms with Crippen LogP contribution in [0.3, 0.4) is 0 Å². The summed E-state index contributed by atoms with van der Waals surface area (Å²) in [5, 5.41) is 6.06. The van der Waals surface area contributed by atoms with Crippen LogP contribution in [0.2, 0.25) is 0 Å². The second-order valence-corrected chi connectivity index (χ2v) is 1.80. The molecule has 0 heterocycles. The molecule has 0 aromatic rings. The van der Waals surface area contributed by atoms with E-state index in [2.05, 4.69) is 11.5 Å². The minimum Gasteiger partial charge on any atom is -0.370 e. The maximum atomic E-state index is 8.74. The van der Waals surface area contributed by atoms with Gasteiger partial charge in [-0.25, -0.2) is 0 Å². The molecule has 0 aliphatic rings. The van der Waals surface area contributed by atoms with E-state index in [9.17, 15) is 0 Å². The van der Waals surface area contributed by atoms with Crippen molar-refractivity contribution in [2.24, 2.45) is 11.5 Å². The van der Waals surface area contributed by atoms with Crippen LogP contribution in [-0.2, 0) is 27.5 Å². The molecule has 0 unspecified atom stereocenters. The zero-order valence-electron chi connectivity index (χ0n) is 4.63. The van der Waals surface area contributed by atoms with Crippen LogP contribution < -0.4 is 11.5 Å². The van der Waals surface area contributed by atoms with Crippen LogP contribution in [-0.4, -0.2) is 23.5 Å². The third-order valence-corrected chi connectivity index (χ3v) is 0. The van der Waals surface area contributed by atoms with Crippen molar-refractivity contribution in [3.63, 3.8) is 0 Å². The average molecular weight is 213 g/mol. The van der Waals surface area contributed by atoms with Crippen molar-refractivity contribution in [1.82, 2.24) is 0 Å². The Morgan fingerprint density at radius 3 is 1.30 bits per heavy atom. The summed E-state index contributed by atoms with van der Waals surface area (Å²) in [7, 11) is -4.67. The maximum Gasteiger partial charge on any atom is 0.394 e. The van der Waals surface area contributed by atoms with Crippen LogP contribution in [0, 0.1) is 5.41 Å². The molecule has 0 amide bonds. The van der Waals surface area contributed by atoms with E-state index in [4.69, 9.17) is 22.9 Å². The molecular weight excluding hydrogens is 206 g/mol. The molecular formula is CH7FeN3O4S. The van der Waals surface area contributed by atoms with Gasteiger partial charge >= 0.3 is 10.4 Å². The van der Waals surface area contributed by atoms with Crippen molar-refractivity contribution in [3.8, 4) is 0 Å². The van der Waals surface area contributed by atoms with Gasteiger partial charge in [-0.3, -0.25) is 14.5 Å². The predicted octanol–water partition coefficient (Wildman–Crippen LogP) is -1.82. The van der Waals surface area contributed by atoms with Gasteiger partial charge in [0.25, 0.3) is 0 Å². The number of rotatable bonds is 0. The van der Waals surface area contributed by atoms with Gasteiger partial charge in [0.15, 0.2) is 5.96 Å². The normalized spacial score (nSPS) is 8.20. The number of hydrogen-bond acceptors (Lipinski definition) is 3. The van der Waals surface area contributed by atoms with E-state index in [1.54, 1.807) is 0 Å². The summed E-state index contributed by atoms with van der Waals surface area (Å²) in [6, 6.07) is 0. The van der Waals surface area contributed by atoms with E-state index in [1.807, 2.05) is 0 Å². The number of nitrogens with two attached hydrogens (primary N) is 2. The molecule has 0 saturated heterocycles. The fourth-order valence-corrected chi connectivity index (χ4v) is 0. The molecule has 64 valence electrons. The Hall–Kier alpha value is -0.341. The predicted molar refractivity (Wildman–Crippen MR) is 30.3 cm³/mol. The molecule has 0 fully saturated rings. The summed E-state index contributed by atoms with van der Waals surface area (Å²) in [4.78, 5) is 0. The molecule has 0 spiro atoms. The van der Waals surface area contributed by atoms with Gasteiger partial charge < -0.3 is 11.5 Å². The fourth-order valence-electron chi connectivity index (χ4n) is 0. The van der Waals surface area contributed by atoms with E-state index in [1.165, 1.54) is 0 Å². The first-order chi connectivity index (χ1) is 3.73. The molecule has 9 heteroatoms. The Morgan fingerprint density at radius 2 is 1.30 bits per heavy atom. The fraction of sp³-hybridized carbons (Fsp3) is 0. The SMILES string of the molecule is N=C(N)N.O=S(=O)(O)O.[Fe]. The molecule has 0 aromatic carbocycles. The maximum absolute atomic E-state index is 8.74. The topological polar surface area (TPSA) is 150 Å². The summed E-state index contributed by atoms with van der Waals surface area (Å²) >= 11 is 0. The van der Waals surface area contributed by atoms with E-state index in [0.29, 0.717) is 0 Å². The summed E-state index contributed by atoms with van der Waals surface area (Å²) in [5.41, 5.74) is 8.94. The summed E-state index contributed by atoms with van der Waals surface area (Å²) < 4.78 is 31.6. The van der Waals surface area contributed by atoms with Crippen molar-refractivity contribution >= 4 is 16.4 Å². The van der Waals surface area contributed by atoms with Crippen LogP contribution in [0.1, 0.15) is 0 Å². The molecule has 0 atom stereocenters. The number of hydrogen-bond donors (Lipinski definition) is 5. The average Bonchev–Trinajstić information content (AvgIpc) is 1.19. The largest absolute Gasteiger partial charge is 0.394 e. The molecule has 0 saturated carbocycles. The van der Waals surface area contributed by atoms with Gasteiger partial charge in [-0.15, -0.1) is 0 Å². The Labute approximate surface area is 68.3 Å². The molecule has 7 nitrogen and oxygen atoms in total. The monoisotopic (exact) mass is 213 g/mol. The van der Waals surface area contributed by atoms with Crippen LogP contribution >= 0.6 is 0 Å². The van der Waals surface area contributed by atoms with Gasteiger partial charge in [-0.2, -0.15) is 8.42 Å². The smallest absolute Gasteiger partial charge is 0.370 e. The number of guanidine groups is 1. The molecule has 7 N–H and O–H groups in total. The van der Waals surface area contributed by atoms with Crippen molar-refractivity contribution in [3.05, 3.63) is 0 Å². The minimum absolute atomic E-state index is 0. The third-order valence-electron chi connectivity index (χ3n) is 0. The Kier molecular flexibility index (Phi) is 11.1. The van der Waals surface area contributed by atoms with E-state index >= 15 is 0 Å². The van der Waals surface area contributed by atoms with Gasteiger partial charge in [0.2, 0.25) is 0 Å². The van der Waals surface area contributed by atoms with Crippen LogP contribution in [0.4, 0.5) is 0 Å². The summed E-state index contributed by atoms with van der Waals surface area (Å²) in [6.07, 6.45) is 0. The quantitative estimate of drug-likeness (QED) is 0.138. The van der Waals surface area contributed by atoms with Gasteiger partial charge in [0.1, 0.15) is 0 Å². The second-order valence-electron chi connectivity index (χ2n) is 0.903. The second kappa shape index (κ2) is 6.77. The summed E-state index contributed by atoms with van der Waals surface area (Å²) in [6.45, 7) is 0. The first kappa shape index (κ1) is 16.3. The van der Waals surface area contributed by atoms with Crippen molar-refractivity contribution in [2.75, 3.05) is 0 Å². The Balaban J connectivity index is -0.0000000910. The zero-order chi connectivity index (χ0) is 8.08. The van der Waals surface area contributed by atoms with E-state index in [-0.39, 0.29) is 23.0 Å². The van der Waals surface area contributed by atoms with Crippen molar-refractivity contribution in [2.45, 2.75) is 0 Å². The van der Waals surface area contributed by atoms with Gasteiger partial charge in [0.05, 0.1) is 0 Å². The minimum atomic E-state index is -4.67. The van der Waals surface area contributed by atoms with E-state index < -0.39 is 10.4 Å². The van der Waals surface area contributed by atoms with Crippen LogP contribution in [0.15, 0.2) is 0 Å². The van der Waals surface area contributed by atoms with Crippen LogP contribution in [0.25, 0.3) is 0 Å². The van der Waals surface area contributed by atoms with Crippen molar-refractivity contribution in [1.29, 1.82) is 5.41 Å². The van der Waals surface area contributed by atoms with Crippen LogP contribution in [0.5, 0.6) is 0 Å². The molecule has 0 bridgehead atoms. The first-order valence-corrected chi connectivity index (χ1v) is 2.92. The molecule has 0 aromatic heterocycles. The third kappa shape index (κ3) is 2930. The molecule has 0 radical (unpaired) electrons. The van der Waals surface area contributed by atoms with Crippen molar-refractivity contribution < 1.29 is 34.6 Å². The molecule has 0 aliphatic carbocycles. The Bertz CT molecular complexity index is 163. The Morgan fingerprint density at radius 1 is 1.30 bits per heavy atom. The van der Waals surface area contributed by atoms with E-state index in [0.717, 1.165) is 0 Å². The molecule has 0 rings (SSSR count). The van der Waals surface area contributed by atoms with Gasteiger partial charge in [0, 0.05) is 17.1 Å². The van der Waals surface area contributed by atoms with Gasteiger partial charge in [-0.05, 0) is 0 Å². The molecule has 10 heavy (non-hydrogen) atoms. The standard InChI is InChI=1S/CH5N3.Fe.H2O4S/c2-1(3)4;;1-5(2,3)4/h(H5,2,3,4);;(H2,1,2,3,4).